The van der Waals surface area contributed by atoms with E-state index in [2.05, 4.69) is 24.0 Å². The molecular formula is C10H19NS. The van der Waals surface area contributed by atoms with Gasteiger partial charge in [-0.15, -0.1) is 0 Å². The Labute approximate surface area is 79.7 Å². The smallest absolute Gasteiger partial charge is 0.0194 e. The van der Waals surface area contributed by atoms with Gasteiger partial charge in [-0.2, -0.15) is 11.8 Å². The molecule has 1 saturated carbocycles. The third-order valence-corrected chi connectivity index (χ3v) is 4.51. The van der Waals surface area contributed by atoms with Gasteiger partial charge in [0.05, 0.1) is 0 Å². The summed E-state index contributed by atoms with van der Waals surface area (Å²) in [6.07, 6.45) is 7.14. The summed E-state index contributed by atoms with van der Waals surface area (Å²) in [5.41, 5.74) is 0. The molecule has 0 radical (unpaired) electrons. The van der Waals surface area contributed by atoms with Gasteiger partial charge >= 0.3 is 0 Å². The number of hydrogen-bond donors (Lipinski definition) is 1. The average molecular weight is 185 g/mol. The van der Waals surface area contributed by atoms with E-state index in [-0.39, 0.29) is 0 Å². The van der Waals surface area contributed by atoms with Crippen LogP contribution in [0.2, 0.25) is 0 Å². The lowest BCUT2D eigenvalue weighted by Gasteiger charge is -2.21. The topological polar surface area (TPSA) is 12.0 Å². The molecule has 0 amide bonds. The summed E-state index contributed by atoms with van der Waals surface area (Å²) in [7, 11) is 0. The fraction of sp³-hybridized carbons (Fsp3) is 1.00. The first-order chi connectivity index (χ1) is 5.86. The molecule has 1 aliphatic heterocycles. The predicted octanol–water partition coefficient (Wildman–Crippen LogP) is 2.41. The lowest BCUT2D eigenvalue weighted by molar-refractivity contribution is 0.429. The second-order valence-corrected chi connectivity index (χ2v) is 5.60. The first-order valence-electron chi connectivity index (χ1n) is 5.24. The number of hydrogen-bond acceptors (Lipinski definition) is 2. The molecule has 1 nitrogen and oxygen atoms in total. The van der Waals surface area contributed by atoms with E-state index >= 15 is 0 Å². The Hall–Kier alpha value is 0.310. The molecule has 0 spiro atoms. The van der Waals surface area contributed by atoms with Crippen LogP contribution in [0.4, 0.5) is 0 Å². The summed E-state index contributed by atoms with van der Waals surface area (Å²) in [5.74, 6) is 1.37. The van der Waals surface area contributed by atoms with Crippen LogP contribution in [0.5, 0.6) is 0 Å². The minimum Gasteiger partial charge on any atom is -0.310 e. The van der Waals surface area contributed by atoms with Crippen molar-refractivity contribution in [1.29, 1.82) is 0 Å². The van der Waals surface area contributed by atoms with Gasteiger partial charge in [-0.05, 0) is 25.0 Å². The molecule has 70 valence electrons. The molecule has 1 aliphatic carbocycles. The molecule has 0 aromatic rings. The highest BCUT2D eigenvalue weighted by Crippen LogP contribution is 2.28. The van der Waals surface area contributed by atoms with Gasteiger partial charge in [0.25, 0.3) is 0 Å². The van der Waals surface area contributed by atoms with Crippen LogP contribution >= 0.6 is 11.8 Å². The van der Waals surface area contributed by atoms with Crippen molar-refractivity contribution in [1.82, 2.24) is 5.32 Å². The first kappa shape index (κ1) is 8.89. The molecule has 2 rings (SSSR count). The molecule has 0 aromatic heterocycles. The Morgan fingerprint density at radius 1 is 1.17 bits per heavy atom. The fourth-order valence-electron chi connectivity index (χ4n) is 2.35. The van der Waals surface area contributed by atoms with Crippen molar-refractivity contribution >= 4 is 11.8 Å². The first-order valence-corrected chi connectivity index (χ1v) is 6.29. The average Bonchev–Trinajstić information content (AvgIpc) is 2.65. The summed E-state index contributed by atoms with van der Waals surface area (Å²) in [4.78, 5) is 0. The monoisotopic (exact) mass is 185 g/mol. The van der Waals surface area contributed by atoms with Gasteiger partial charge < -0.3 is 5.32 Å². The van der Waals surface area contributed by atoms with Crippen LogP contribution in [0.25, 0.3) is 0 Å². The highest BCUT2D eigenvalue weighted by molar-refractivity contribution is 8.00. The van der Waals surface area contributed by atoms with E-state index in [0.29, 0.717) is 0 Å². The molecule has 2 fully saturated rings. The van der Waals surface area contributed by atoms with E-state index < -0.39 is 0 Å². The Morgan fingerprint density at radius 3 is 2.50 bits per heavy atom. The summed E-state index contributed by atoms with van der Waals surface area (Å²) in [6, 6.07) is 1.68. The molecule has 2 atom stereocenters. The van der Waals surface area contributed by atoms with Crippen molar-refractivity contribution in [2.45, 2.75) is 56.4 Å². The van der Waals surface area contributed by atoms with Crippen molar-refractivity contribution < 1.29 is 0 Å². The molecule has 1 N–H and O–H groups in total. The van der Waals surface area contributed by atoms with Gasteiger partial charge in [0.1, 0.15) is 0 Å². The zero-order valence-corrected chi connectivity index (χ0v) is 8.70. The van der Waals surface area contributed by atoms with Crippen molar-refractivity contribution in [3.8, 4) is 0 Å². The van der Waals surface area contributed by atoms with E-state index in [4.69, 9.17) is 0 Å². The van der Waals surface area contributed by atoms with E-state index in [1.165, 1.54) is 37.9 Å². The van der Waals surface area contributed by atoms with Crippen LogP contribution in [0, 0.1) is 0 Å². The van der Waals surface area contributed by atoms with Gasteiger partial charge in [-0.1, -0.05) is 19.8 Å². The molecule has 2 heteroatoms. The molecule has 0 bridgehead atoms. The van der Waals surface area contributed by atoms with Crippen molar-refractivity contribution in [3.05, 3.63) is 0 Å². The molecule has 0 aromatic carbocycles. The maximum absolute atomic E-state index is 3.81. The van der Waals surface area contributed by atoms with E-state index in [0.717, 1.165) is 17.3 Å². The number of rotatable bonds is 2. The summed E-state index contributed by atoms with van der Waals surface area (Å²) >= 11 is 2.13. The molecule has 1 heterocycles. The number of thioether (sulfide) groups is 1. The molecule has 1 saturated heterocycles. The highest BCUT2D eigenvalue weighted by Gasteiger charge is 2.26. The molecule has 12 heavy (non-hydrogen) atoms. The summed E-state index contributed by atoms with van der Waals surface area (Å²) in [6.45, 7) is 2.37. The maximum Gasteiger partial charge on any atom is 0.0194 e. The Morgan fingerprint density at radius 2 is 1.92 bits per heavy atom. The third-order valence-electron chi connectivity index (χ3n) is 3.18. The molecular weight excluding hydrogens is 166 g/mol. The summed E-state index contributed by atoms with van der Waals surface area (Å²) < 4.78 is 0. The van der Waals surface area contributed by atoms with Crippen molar-refractivity contribution in [2.75, 3.05) is 5.75 Å². The van der Waals surface area contributed by atoms with Gasteiger partial charge in [0.2, 0.25) is 0 Å². The van der Waals surface area contributed by atoms with Crippen LogP contribution in [0.3, 0.4) is 0 Å². The normalized spacial score (nSPS) is 37.8. The van der Waals surface area contributed by atoms with Crippen molar-refractivity contribution in [3.63, 3.8) is 0 Å². The van der Waals surface area contributed by atoms with Crippen LogP contribution in [-0.2, 0) is 0 Å². The third kappa shape index (κ3) is 1.97. The summed E-state index contributed by atoms with van der Waals surface area (Å²) in [5, 5.41) is 4.66. The Balaban J connectivity index is 1.77. The lowest BCUT2D eigenvalue weighted by atomic mass is 10.1. The Kier molecular flexibility index (Phi) is 2.97. The quantitative estimate of drug-likeness (QED) is 0.709. The van der Waals surface area contributed by atoms with Gasteiger partial charge in [0, 0.05) is 17.3 Å². The maximum atomic E-state index is 3.81. The van der Waals surface area contributed by atoms with Crippen molar-refractivity contribution in [2.24, 2.45) is 0 Å². The van der Waals surface area contributed by atoms with Crippen LogP contribution in [0.15, 0.2) is 0 Å². The molecule has 2 unspecified atom stereocenters. The zero-order chi connectivity index (χ0) is 8.39. The Bertz CT molecular complexity index is 143. The van der Waals surface area contributed by atoms with Crippen LogP contribution in [-0.4, -0.2) is 23.1 Å². The number of nitrogens with one attached hydrogen (secondary N) is 1. The standard InChI is InChI=1S/C10H19NS/c1-8-10(6-7-12-8)11-9-4-2-3-5-9/h8-11H,2-7H2,1H3. The minimum atomic E-state index is 0.818. The zero-order valence-electron chi connectivity index (χ0n) is 7.88. The van der Waals surface area contributed by atoms with Gasteiger partial charge in [-0.25, -0.2) is 0 Å². The van der Waals surface area contributed by atoms with E-state index in [1.54, 1.807) is 0 Å². The van der Waals surface area contributed by atoms with Crippen LogP contribution in [0.1, 0.15) is 39.0 Å². The lowest BCUT2D eigenvalue weighted by Crippen LogP contribution is -2.39. The van der Waals surface area contributed by atoms with E-state index in [9.17, 15) is 0 Å². The largest absolute Gasteiger partial charge is 0.310 e. The van der Waals surface area contributed by atoms with Crippen LogP contribution < -0.4 is 5.32 Å². The highest BCUT2D eigenvalue weighted by atomic mass is 32.2. The van der Waals surface area contributed by atoms with E-state index in [1.807, 2.05) is 0 Å². The molecule has 2 aliphatic rings. The van der Waals surface area contributed by atoms with Gasteiger partial charge in [0.15, 0.2) is 0 Å². The van der Waals surface area contributed by atoms with Gasteiger partial charge in [-0.3, -0.25) is 0 Å². The minimum absolute atomic E-state index is 0.818. The fourth-order valence-corrected chi connectivity index (χ4v) is 3.55. The predicted molar refractivity (Wildman–Crippen MR) is 55.7 cm³/mol. The SMILES string of the molecule is CC1SCCC1NC1CCCC1. The second kappa shape index (κ2) is 4.01. The second-order valence-electron chi connectivity index (χ2n) is 4.12.